The molecule has 4 heteroatoms. The van der Waals surface area contributed by atoms with Crippen LogP contribution in [0, 0.1) is 0 Å². The number of nitrogens with zero attached hydrogens (tertiary/aromatic N) is 1. The summed E-state index contributed by atoms with van der Waals surface area (Å²) in [6.07, 6.45) is 4.66. The second-order valence-electron chi connectivity index (χ2n) is 1.74. The molecule has 0 aliphatic heterocycles. The van der Waals surface area contributed by atoms with Crippen LogP contribution in [0.15, 0.2) is 14.9 Å². The fourth-order valence-electron chi connectivity index (χ4n) is 0.313. The van der Waals surface area contributed by atoms with E-state index in [9.17, 15) is 0 Å². The van der Waals surface area contributed by atoms with Crippen molar-refractivity contribution in [3.8, 4) is 0 Å². The number of alkyl halides is 1. The first-order valence-electron chi connectivity index (χ1n) is 2.95. The summed E-state index contributed by atoms with van der Waals surface area (Å²) in [6, 6.07) is 0. The van der Waals surface area contributed by atoms with E-state index in [4.69, 9.17) is 5.73 Å². The summed E-state index contributed by atoms with van der Waals surface area (Å²) in [5.74, 6) is 0. The molecule has 0 rings (SSSR count). The lowest BCUT2D eigenvalue weighted by Crippen LogP contribution is -1.94. The van der Waals surface area contributed by atoms with Gasteiger partial charge in [-0.25, -0.2) is 0 Å². The van der Waals surface area contributed by atoms with E-state index in [-0.39, 0.29) is 0 Å². The van der Waals surface area contributed by atoms with Crippen LogP contribution in [0.2, 0.25) is 0 Å². The highest BCUT2D eigenvalue weighted by Crippen LogP contribution is 2.02. The minimum absolute atomic E-state index is 0.518. The third kappa shape index (κ3) is 6.79. The zero-order valence-electron chi connectivity index (χ0n) is 5.72. The van der Waals surface area contributed by atoms with E-state index in [1.807, 2.05) is 28.8 Å². The van der Waals surface area contributed by atoms with Gasteiger partial charge in [-0.05, 0) is 29.0 Å². The molecule has 0 aromatic rings. The van der Waals surface area contributed by atoms with Gasteiger partial charge in [-0.3, -0.25) is 4.99 Å². The summed E-state index contributed by atoms with van der Waals surface area (Å²) < 4.78 is 1.23. The summed E-state index contributed by atoms with van der Waals surface area (Å²) in [4.78, 5) is 4.01. The number of aliphatic imine (C=N–C) groups is 1. The number of nitrogens with two attached hydrogens (primary N) is 1. The van der Waals surface area contributed by atoms with E-state index in [0.29, 0.717) is 7.63 Å². The fraction of sp³-hybridized carbons (Fsp3) is 0.500. The van der Waals surface area contributed by atoms with Gasteiger partial charge in [0.25, 0.3) is 0 Å². The molecule has 10 heavy (non-hydrogen) atoms. The molecule has 0 aromatic carbocycles. The molecule has 0 amide bonds. The van der Waals surface area contributed by atoms with Crippen LogP contribution in [0.25, 0.3) is 0 Å². The first-order valence-corrected chi connectivity index (χ1v) is 5.27. The molecular weight excluding hydrogens is 354 g/mol. The van der Waals surface area contributed by atoms with Crippen LogP contribution in [-0.4, -0.2) is 10.1 Å². The second kappa shape index (κ2) is 6.38. The van der Waals surface area contributed by atoms with Crippen molar-refractivity contribution >= 4 is 51.4 Å². The molecule has 0 saturated heterocycles. The average Bonchev–Trinajstić information content (AvgIpc) is 1.87. The molecule has 0 aliphatic rings. The van der Waals surface area contributed by atoms with E-state index >= 15 is 0 Å². The molecule has 0 spiro atoms. The first kappa shape index (κ1) is 10.7. The predicted molar refractivity (Wildman–Crippen MR) is 62.9 cm³/mol. The largest absolute Gasteiger partial charge is 0.393 e. The lowest BCUT2D eigenvalue weighted by molar-refractivity contribution is 1.05. The number of rotatable bonds is 3. The number of hydrogen-bond donors (Lipinski definition) is 1. The molecule has 2 N–H and O–H groups in total. The highest BCUT2D eigenvalue weighted by molar-refractivity contribution is 14.1. The maximum atomic E-state index is 5.35. The summed E-state index contributed by atoms with van der Waals surface area (Å²) in [6.45, 7) is 2.13. The van der Waals surface area contributed by atoms with Crippen LogP contribution in [0.3, 0.4) is 0 Å². The van der Waals surface area contributed by atoms with Crippen molar-refractivity contribution in [2.24, 2.45) is 10.7 Å². The van der Waals surface area contributed by atoms with Gasteiger partial charge in [0, 0.05) is 10.1 Å². The minimum Gasteiger partial charge on any atom is -0.393 e. The third-order valence-electron chi connectivity index (χ3n) is 0.836. The van der Waals surface area contributed by atoms with E-state index in [1.54, 1.807) is 6.20 Å². The van der Waals surface area contributed by atoms with Gasteiger partial charge < -0.3 is 5.73 Å². The third-order valence-corrected chi connectivity index (χ3v) is 2.32. The van der Waals surface area contributed by atoms with Crippen molar-refractivity contribution in [2.45, 2.75) is 17.3 Å². The molecule has 0 bridgehead atoms. The monoisotopic (exact) mass is 364 g/mol. The summed E-state index contributed by atoms with van der Waals surface area (Å²) in [5.41, 5.74) is 5.35. The summed E-state index contributed by atoms with van der Waals surface area (Å²) in [5, 5.41) is 0. The smallest absolute Gasteiger partial charge is 0.0891 e. The zero-order chi connectivity index (χ0) is 7.98. The first-order chi connectivity index (χ1) is 4.66. The zero-order valence-corrected chi connectivity index (χ0v) is 10.0. The van der Waals surface area contributed by atoms with Gasteiger partial charge in [-0.1, -0.05) is 29.5 Å². The van der Waals surface area contributed by atoms with Crippen molar-refractivity contribution in [3.63, 3.8) is 0 Å². The van der Waals surface area contributed by atoms with E-state index in [0.717, 1.165) is 6.42 Å². The molecule has 0 saturated carbocycles. The van der Waals surface area contributed by atoms with E-state index < -0.39 is 0 Å². The van der Waals surface area contributed by atoms with E-state index in [1.165, 1.54) is 0 Å². The Hall–Kier alpha value is 0.670. The molecular formula is C6H10I2N2. The Labute approximate surface area is 88.6 Å². The minimum atomic E-state index is 0.518. The highest BCUT2D eigenvalue weighted by Gasteiger charge is 1.91. The predicted octanol–water partition coefficient (Wildman–Crippen LogP) is 2.46. The van der Waals surface area contributed by atoms with Crippen molar-refractivity contribution in [3.05, 3.63) is 9.90 Å². The van der Waals surface area contributed by atoms with Gasteiger partial charge in [-0.15, -0.1) is 0 Å². The van der Waals surface area contributed by atoms with Crippen LogP contribution in [-0.2, 0) is 0 Å². The average molecular weight is 364 g/mol. The van der Waals surface area contributed by atoms with Gasteiger partial charge in [0.15, 0.2) is 0 Å². The Morgan fingerprint density at radius 1 is 1.80 bits per heavy atom. The Balaban J connectivity index is 3.66. The molecule has 0 aromatic heterocycles. The lowest BCUT2D eigenvalue weighted by Gasteiger charge is -1.93. The van der Waals surface area contributed by atoms with Crippen LogP contribution in [0.4, 0.5) is 0 Å². The van der Waals surface area contributed by atoms with Crippen molar-refractivity contribution in [1.82, 2.24) is 0 Å². The van der Waals surface area contributed by atoms with E-state index in [2.05, 4.69) is 34.5 Å². The van der Waals surface area contributed by atoms with Crippen LogP contribution < -0.4 is 5.73 Å². The molecule has 1 atom stereocenters. The molecule has 0 radical (unpaired) electrons. The Morgan fingerprint density at radius 3 is 2.80 bits per heavy atom. The number of halogens is 2. The maximum Gasteiger partial charge on any atom is 0.0891 e. The molecule has 0 fully saturated rings. The van der Waals surface area contributed by atoms with Crippen molar-refractivity contribution < 1.29 is 0 Å². The topological polar surface area (TPSA) is 38.4 Å². The summed E-state index contributed by atoms with van der Waals surface area (Å²) in [7, 11) is 0. The van der Waals surface area contributed by atoms with Crippen molar-refractivity contribution in [1.29, 1.82) is 0 Å². The quantitative estimate of drug-likeness (QED) is 0.356. The van der Waals surface area contributed by atoms with Gasteiger partial charge in [0.05, 0.1) is 9.90 Å². The molecule has 0 heterocycles. The van der Waals surface area contributed by atoms with Gasteiger partial charge in [0.1, 0.15) is 0 Å². The standard InChI is InChI=1S/C6H10I2N2/c1-2-5(7)3-10-4-6(8)9/h3-5H,2,9H2,1H3/b6-4-,10-3?. The lowest BCUT2D eigenvalue weighted by atomic mass is 10.4. The second-order valence-corrected chi connectivity index (χ2v) is 4.58. The molecule has 58 valence electrons. The summed E-state index contributed by atoms with van der Waals surface area (Å²) >= 11 is 4.35. The number of hydrogen-bond acceptors (Lipinski definition) is 2. The Bertz CT molecular complexity index is 139. The van der Waals surface area contributed by atoms with Crippen molar-refractivity contribution in [2.75, 3.05) is 0 Å². The highest BCUT2D eigenvalue weighted by atomic mass is 127. The molecule has 1 unspecified atom stereocenters. The van der Waals surface area contributed by atoms with Crippen LogP contribution >= 0.6 is 45.2 Å². The Kier molecular flexibility index (Phi) is 6.81. The van der Waals surface area contributed by atoms with Gasteiger partial charge in [0.2, 0.25) is 0 Å². The van der Waals surface area contributed by atoms with Gasteiger partial charge in [-0.2, -0.15) is 0 Å². The Morgan fingerprint density at radius 2 is 2.40 bits per heavy atom. The van der Waals surface area contributed by atoms with Crippen LogP contribution in [0.1, 0.15) is 13.3 Å². The SMILES string of the molecule is CCC(I)C=N/C=C(\N)I. The van der Waals surface area contributed by atoms with Gasteiger partial charge >= 0.3 is 0 Å². The normalized spacial score (nSPS) is 16.1. The molecule has 0 aliphatic carbocycles. The fourth-order valence-corrected chi connectivity index (χ4v) is 0.660. The van der Waals surface area contributed by atoms with Crippen LogP contribution in [0.5, 0.6) is 0 Å². The molecule has 2 nitrogen and oxygen atoms in total. The maximum absolute atomic E-state index is 5.35.